The van der Waals surface area contributed by atoms with Crippen LogP contribution in [-0.4, -0.2) is 9.13 Å². The number of rotatable bonds is 4. The summed E-state index contributed by atoms with van der Waals surface area (Å²) in [5.74, 6) is 0. The summed E-state index contributed by atoms with van der Waals surface area (Å²) in [7, 11) is 0. The van der Waals surface area contributed by atoms with Gasteiger partial charge in [0.2, 0.25) is 0 Å². The Hall–Kier alpha value is -7.42. The lowest BCUT2D eigenvalue weighted by atomic mass is 9.95. The summed E-state index contributed by atoms with van der Waals surface area (Å²) in [6.07, 6.45) is 0. The molecule has 0 aliphatic rings. The fourth-order valence-corrected chi connectivity index (χ4v) is 9.30. The second-order valence-electron chi connectivity index (χ2n) is 14.9. The maximum absolute atomic E-state index is 2.48. The van der Waals surface area contributed by atoms with Gasteiger partial charge in [0.25, 0.3) is 0 Å². The molecule has 12 aromatic rings. The summed E-state index contributed by atoms with van der Waals surface area (Å²) in [6, 6.07) is 75.8. The van der Waals surface area contributed by atoms with E-state index in [-0.39, 0.29) is 0 Å². The maximum Gasteiger partial charge on any atom is 0.0547 e. The summed E-state index contributed by atoms with van der Waals surface area (Å²) in [4.78, 5) is 0. The van der Waals surface area contributed by atoms with Gasteiger partial charge in [0.05, 0.1) is 27.8 Å². The number of hydrogen-bond acceptors (Lipinski definition) is 0. The Morgan fingerprint density at radius 2 is 0.714 bits per heavy atom. The largest absolute Gasteiger partial charge is 0.309 e. The highest BCUT2D eigenvalue weighted by Gasteiger charge is 2.18. The van der Waals surface area contributed by atoms with Crippen LogP contribution in [-0.2, 0) is 0 Å². The van der Waals surface area contributed by atoms with Crippen molar-refractivity contribution in [3.63, 3.8) is 0 Å². The molecule has 0 radical (unpaired) electrons. The summed E-state index contributed by atoms with van der Waals surface area (Å²) in [6.45, 7) is 0. The molecule has 0 unspecified atom stereocenters. The molecule has 0 fully saturated rings. The van der Waals surface area contributed by atoms with E-state index in [1.807, 2.05) is 0 Å². The van der Waals surface area contributed by atoms with Gasteiger partial charge in [-0.25, -0.2) is 0 Å². The van der Waals surface area contributed by atoms with Gasteiger partial charge in [-0.15, -0.1) is 0 Å². The zero-order chi connectivity index (χ0) is 36.7. The molecule has 0 saturated carbocycles. The van der Waals surface area contributed by atoms with E-state index in [1.165, 1.54) is 104 Å². The quantitative estimate of drug-likeness (QED) is 0.161. The van der Waals surface area contributed by atoms with Crippen LogP contribution in [0.25, 0.3) is 110 Å². The molecule has 2 nitrogen and oxygen atoms in total. The van der Waals surface area contributed by atoms with E-state index in [9.17, 15) is 0 Å². The third-order valence-electron chi connectivity index (χ3n) is 11.9. The molecule has 2 aromatic heterocycles. The summed E-state index contributed by atoms with van der Waals surface area (Å²) >= 11 is 0. The third-order valence-corrected chi connectivity index (χ3v) is 11.9. The molecule has 0 atom stereocenters. The Kier molecular flexibility index (Phi) is 6.66. The zero-order valence-corrected chi connectivity index (χ0v) is 30.5. The lowest BCUT2D eigenvalue weighted by molar-refractivity contribution is 1.18. The van der Waals surface area contributed by atoms with E-state index < -0.39 is 0 Å². The van der Waals surface area contributed by atoms with Gasteiger partial charge in [-0.2, -0.15) is 0 Å². The van der Waals surface area contributed by atoms with Crippen molar-refractivity contribution >= 4 is 75.9 Å². The maximum atomic E-state index is 2.48. The molecule has 0 spiro atoms. The first kappa shape index (κ1) is 31.0. The van der Waals surface area contributed by atoms with Crippen molar-refractivity contribution in [1.82, 2.24) is 9.13 Å². The van der Waals surface area contributed by atoms with Gasteiger partial charge < -0.3 is 9.13 Å². The number of nitrogens with zero attached hydrogens (tertiary/aromatic N) is 2. The van der Waals surface area contributed by atoms with Gasteiger partial charge in [0.15, 0.2) is 0 Å². The minimum atomic E-state index is 1.16. The highest BCUT2D eigenvalue weighted by molar-refractivity contribution is 6.21. The molecule has 0 aliphatic carbocycles. The molecule has 260 valence electrons. The summed E-state index contributed by atoms with van der Waals surface area (Å²) < 4.78 is 4.88. The first-order chi connectivity index (χ1) is 27.8. The molecule has 12 rings (SSSR count). The van der Waals surface area contributed by atoms with E-state index in [1.54, 1.807) is 0 Å². The Balaban J connectivity index is 1.04. The minimum absolute atomic E-state index is 1.16. The van der Waals surface area contributed by atoms with Crippen LogP contribution in [0.2, 0.25) is 0 Å². The first-order valence-corrected chi connectivity index (χ1v) is 19.3. The van der Waals surface area contributed by atoms with Crippen molar-refractivity contribution < 1.29 is 0 Å². The smallest absolute Gasteiger partial charge is 0.0547 e. The van der Waals surface area contributed by atoms with Gasteiger partial charge in [-0.3, -0.25) is 0 Å². The lowest BCUT2D eigenvalue weighted by Gasteiger charge is -2.15. The van der Waals surface area contributed by atoms with Crippen LogP contribution in [0.4, 0.5) is 0 Å². The summed E-state index contributed by atoms with van der Waals surface area (Å²) in [5, 5.41) is 12.6. The SMILES string of the molecule is c1ccc(-c2ccc(-n3c4ccccc4c4cc(-c5ccc6c(c5)c5ccccc5n6-c5cc6c7ccccc7ccc6c6ccccc56)ccc43)cc2)cc1. The van der Waals surface area contributed by atoms with Crippen LogP contribution in [0.5, 0.6) is 0 Å². The van der Waals surface area contributed by atoms with Gasteiger partial charge in [-0.1, -0.05) is 152 Å². The number of aromatic nitrogens is 2. The second-order valence-corrected chi connectivity index (χ2v) is 14.9. The van der Waals surface area contributed by atoms with E-state index in [4.69, 9.17) is 0 Å². The molecular formula is C54H34N2. The van der Waals surface area contributed by atoms with Crippen molar-refractivity contribution in [2.75, 3.05) is 0 Å². The standard InChI is InChI=1S/C54H34N2/c1-2-12-35(13-3-1)36-22-27-40(28-23-36)55-50-20-10-8-18-45(50)48-32-38(25-30-52(48)55)39-26-31-53-49(33-39)46-19-9-11-21-51(46)56(53)54-34-47-41-15-5-4-14-37(41)24-29-43(47)42-16-6-7-17-44(42)54/h1-34H. The Labute approximate surface area is 323 Å². The molecule has 0 N–H and O–H groups in total. The minimum Gasteiger partial charge on any atom is -0.309 e. The topological polar surface area (TPSA) is 9.86 Å². The predicted molar refractivity (Wildman–Crippen MR) is 239 cm³/mol. The molecule has 2 heteroatoms. The third kappa shape index (κ3) is 4.57. The van der Waals surface area contributed by atoms with Gasteiger partial charge in [0, 0.05) is 32.6 Å². The molecule has 10 aromatic carbocycles. The Bertz CT molecular complexity index is 3510. The molecule has 0 bridgehead atoms. The second kappa shape index (κ2) is 12.0. The van der Waals surface area contributed by atoms with Crippen LogP contribution in [0.15, 0.2) is 206 Å². The van der Waals surface area contributed by atoms with Crippen molar-refractivity contribution in [3.05, 3.63) is 206 Å². The molecule has 56 heavy (non-hydrogen) atoms. The van der Waals surface area contributed by atoms with E-state index in [2.05, 4.69) is 215 Å². The van der Waals surface area contributed by atoms with Crippen LogP contribution in [0.1, 0.15) is 0 Å². The Morgan fingerprint density at radius 3 is 1.41 bits per heavy atom. The fourth-order valence-electron chi connectivity index (χ4n) is 9.30. The van der Waals surface area contributed by atoms with Gasteiger partial charge in [0.1, 0.15) is 0 Å². The van der Waals surface area contributed by atoms with E-state index in [0.717, 1.165) is 5.69 Å². The fraction of sp³-hybridized carbons (Fsp3) is 0. The van der Waals surface area contributed by atoms with Crippen molar-refractivity contribution in [2.45, 2.75) is 0 Å². The highest BCUT2D eigenvalue weighted by atomic mass is 15.0. The molecular weight excluding hydrogens is 677 g/mol. The van der Waals surface area contributed by atoms with Crippen LogP contribution in [0, 0.1) is 0 Å². The van der Waals surface area contributed by atoms with Crippen LogP contribution in [0.3, 0.4) is 0 Å². The lowest BCUT2D eigenvalue weighted by Crippen LogP contribution is -1.96. The number of hydrogen-bond donors (Lipinski definition) is 0. The number of benzene rings is 10. The van der Waals surface area contributed by atoms with Crippen molar-refractivity contribution in [2.24, 2.45) is 0 Å². The van der Waals surface area contributed by atoms with Crippen LogP contribution >= 0.6 is 0 Å². The van der Waals surface area contributed by atoms with Gasteiger partial charge >= 0.3 is 0 Å². The highest BCUT2D eigenvalue weighted by Crippen LogP contribution is 2.41. The number of para-hydroxylation sites is 2. The normalized spacial score (nSPS) is 11.9. The summed E-state index contributed by atoms with van der Waals surface area (Å²) in [5.41, 5.74) is 12.1. The predicted octanol–water partition coefficient (Wildman–Crippen LogP) is 14.7. The molecule has 2 heterocycles. The van der Waals surface area contributed by atoms with E-state index >= 15 is 0 Å². The molecule has 0 aliphatic heterocycles. The zero-order valence-electron chi connectivity index (χ0n) is 30.5. The monoisotopic (exact) mass is 710 g/mol. The average Bonchev–Trinajstić information content (AvgIpc) is 3.78. The first-order valence-electron chi connectivity index (χ1n) is 19.3. The van der Waals surface area contributed by atoms with Gasteiger partial charge in [-0.05, 0) is 104 Å². The average molecular weight is 711 g/mol. The van der Waals surface area contributed by atoms with E-state index in [0.29, 0.717) is 0 Å². The van der Waals surface area contributed by atoms with Crippen molar-refractivity contribution in [1.29, 1.82) is 0 Å². The van der Waals surface area contributed by atoms with Crippen LogP contribution < -0.4 is 0 Å². The Morgan fingerprint density at radius 1 is 0.232 bits per heavy atom. The number of fused-ring (bicyclic) bond motifs is 11. The molecule has 0 amide bonds. The molecule has 0 saturated heterocycles. The van der Waals surface area contributed by atoms with Crippen molar-refractivity contribution in [3.8, 4) is 33.6 Å².